The van der Waals surface area contributed by atoms with Crippen LogP contribution in [-0.4, -0.2) is 32.8 Å². The topological polar surface area (TPSA) is 66.0 Å². The average molecular weight is 466 g/mol. The van der Waals surface area contributed by atoms with E-state index >= 15 is 0 Å². The van der Waals surface area contributed by atoms with Gasteiger partial charge in [0.2, 0.25) is 6.41 Å². The van der Waals surface area contributed by atoms with Crippen molar-refractivity contribution in [1.29, 1.82) is 0 Å². The van der Waals surface area contributed by atoms with Crippen LogP contribution in [0.25, 0.3) is 0 Å². The van der Waals surface area contributed by atoms with Crippen LogP contribution < -0.4 is 19.5 Å². The normalized spacial score (nSPS) is 10.9. The SMILES string of the molecule is CC(COc1ccc(Oc2ccc(OCc3ccccc3)cc2)cc1)NC=O.CCCCOC. The number of nitrogens with one attached hydrogen (secondary N) is 1. The van der Waals surface area contributed by atoms with Crippen LogP contribution in [0, 0.1) is 0 Å². The summed E-state index contributed by atoms with van der Waals surface area (Å²) >= 11 is 0. The third kappa shape index (κ3) is 10.9. The van der Waals surface area contributed by atoms with E-state index < -0.39 is 0 Å². The van der Waals surface area contributed by atoms with Crippen LogP contribution in [0.15, 0.2) is 78.9 Å². The fourth-order valence-corrected chi connectivity index (χ4v) is 2.76. The van der Waals surface area contributed by atoms with Crippen LogP contribution in [0.4, 0.5) is 0 Å². The molecule has 1 N–H and O–H groups in total. The molecule has 0 aliphatic rings. The maximum atomic E-state index is 10.4. The fraction of sp³-hybridized carbons (Fsp3) is 0.321. The third-order valence-electron chi connectivity index (χ3n) is 4.69. The summed E-state index contributed by atoms with van der Waals surface area (Å²) in [6, 6.07) is 24.9. The molecule has 0 saturated carbocycles. The van der Waals surface area contributed by atoms with Crippen molar-refractivity contribution in [3.63, 3.8) is 0 Å². The van der Waals surface area contributed by atoms with Crippen LogP contribution in [-0.2, 0) is 16.1 Å². The summed E-state index contributed by atoms with van der Waals surface area (Å²) in [5.41, 5.74) is 1.13. The lowest BCUT2D eigenvalue weighted by Crippen LogP contribution is -2.30. The Bertz CT molecular complexity index is 910. The molecule has 0 radical (unpaired) electrons. The summed E-state index contributed by atoms with van der Waals surface area (Å²) < 4.78 is 22.0. The van der Waals surface area contributed by atoms with Crippen LogP contribution in [0.5, 0.6) is 23.0 Å². The Morgan fingerprint density at radius 2 is 1.38 bits per heavy atom. The zero-order chi connectivity index (χ0) is 24.4. The molecular formula is C28H35NO5. The number of hydrogen-bond donors (Lipinski definition) is 1. The first kappa shape index (κ1) is 26.7. The van der Waals surface area contributed by atoms with E-state index in [0.29, 0.717) is 25.4 Å². The molecule has 0 aliphatic heterocycles. The molecule has 34 heavy (non-hydrogen) atoms. The summed E-state index contributed by atoms with van der Waals surface area (Å²) in [5.74, 6) is 2.95. The molecule has 0 aromatic heterocycles. The number of benzene rings is 3. The maximum absolute atomic E-state index is 10.4. The molecule has 6 heteroatoms. The molecule has 0 saturated heterocycles. The quantitative estimate of drug-likeness (QED) is 0.248. The zero-order valence-corrected chi connectivity index (χ0v) is 20.2. The van der Waals surface area contributed by atoms with Gasteiger partial charge in [-0.2, -0.15) is 0 Å². The standard InChI is InChI=1S/C23H23NO4.C5H12O/c1-18(24-17-25)15-26-20-7-11-22(12-8-20)28-23-13-9-21(10-14-23)27-16-19-5-3-2-4-6-19;1-3-4-5-6-2/h2-14,17-18H,15-16H2,1H3,(H,24,25);3-5H2,1-2H3. The predicted molar refractivity (Wildman–Crippen MR) is 135 cm³/mol. The molecule has 1 amide bonds. The summed E-state index contributed by atoms with van der Waals surface area (Å²) in [4.78, 5) is 10.4. The van der Waals surface area contributed by atoms with E-state index in [4.69, 9.17) is 18.9 Å². The number of methoxy groups -OCH3 is 1. The molecule has 0 heterocycles. The molecule has 0 aliphatic carbocycles. The van der Waals surface area contributed by atoms with Crippen molar-refractivity contribution in [2.24, 2.45) is 0 Å². The second-order valence-electron chi connectivity index (χ2n) is 7.66. The van der Waals surface area contributed by atoms with Crippen LogP contribution in [0.1, 0.15) is 32.3 Å². The Balaban J connectivity index is 0.000000604. The molecule has 0 fully saturated rings. The lowest BCUT2D eigenvalue weighted by molar-refractivity contribution is -0.110. The molecule has 0 bridgehead atoms. The number of carbonyl (C=O) groups is 1. The van der Waals surface area contributed by atoms with Gasteiger partial charge in [-0.15, -0.1) is 0 Å². The molecule has 3 rings (SSSR count). The van der Waals surface area contributed by atoms with E-state index in [-0.39, 0.29) is 6.04 Å². The van der Waals surface area contributed by atoms with Crippen molar-refractivity contribution >= 4 is 6.41 Å². The highest BCUT2D eigenvalue weighted by molar-refractivity contribution is 5.46. The second kappa shape index (κ2) is 16.2. The Labute approximate surface area is 202 Å². The summed E-state index contributed by atoms with van der Waals surface area (Å²) in [6.07, 6.45) is 3.09. The van der Waals surface area contributed by atoms with E-state index in [0.717, 1.165) is 29.4 Å². The number of amides is 1. The van der Waals surface area contributed by atoms with Crippen molar-refractivity contribution < 1.29 is 23.7 Å². The smallest absolute Gasteiger partial charge is 0.207 e. The molecule has 182 valence electrons. The van der Waals surface area contributed by atoms with Gasteiger partial charge in [0.25, 0.3) is 0 Å². The molecule has 1 atom stereocenters. The van der Waals surface area contributed by atoms with Gasteiger partial charge in [0.1, 0.15) is 36.2 Å². The first-order valence-corrected chi connectivity index (χ1v) is 11.5. The zero-order valence-electron chi connectivity index (χ0n) is 20.2. The highest BCUT2D eigenvalue weighted by Crippen LogP contribution is 2.26. The third-order valence-corrected chi connectivity index (χ3v) is 4.69. The minimum absolute atomic E-state index is 0.0453. The van der Waals surface area contributed by atoms with Crippen molar-refractivity contribution in [2.45, 2.75) is 39.3 Å². The van der Waals surface area contributed by atoms with Crippen LogP contribution in [0.2, 0.25) is 0 Å². The van der Waals surface area contributed by atoms with E-state index in [2.05, 4.69) is 12.2 Å². The number of carbonyl (C=O) groups excluding carboxylic acids is 1. The van der Waals surface area contributed by atoms with Gasteiger partial charge in [-0.3, -0.25) is 4.79 Å². The monoisotopic (exact) mass is 465 g/mol. The van der Waals surface area contributed by atoms with Gasteiger partial charge in [-0.25, -0.2) is 0 Å². The van der Waals surface area contributed by atoms with Gasteiger partial charge in [0.05, 0.1) is 6.04 Å². The number of unbranched alkanes of at least 4 members (excludes halogenated alkanes) is 1. The van der Waals surface area contributed by atoms with Gasteiger partial charge in [0.15, 0.2) is 0 Å². The Hall–Kier alpha value is -3.51. The van der Waals surface area contributed by atoms with E-state index in [1.54, 1.807) is 7.11 Å². The molecule has 3 aromatic rings. The van der Waals surface area contributed by atoms with Crippen molar-refractivity contribution in [3.05, 3.63) is 84.4 Å². The molecular weight excluding hydrogens is 430 g/mol. The van der Waals surface area contributed by atoms with E-state index in [1.807, 2.05) is 85.8 Å². The first-order chi connectivity index (χ1) is 16.6. The molecule has 3 aromatic carbocycles. The fourth-order valence-electron chi connectivity index (χ4n) is 2.76. The Kier molecular flexibility index (Phi) is 12.7. The van der Waals surface area contributed by atoms with Crippen molar-refractivity contribution in [1.82, 2.24) is 5.32 Å². The minimum Gasteiger partial charge on any atom is -0.491 e. The second-order valence-corrected chi connectivity index (χ2v) is 7.66. The Morgan fingerprint density at radius 3 is 1.88 bits per heavy atom. The number of hydrogen-bond acceptors (Lipinski definition) is 5. The largest absolute Gasteiger partial charge is 0.491 e. The van der Waals surface area contributed by atoms with Gasteiger partial charge < -0.3 is 24.3 Å². The Morgan fingerprint density at radius 1 is 0.824 bits per heavy atom. The molecule has 0 spiro atoms. The lowest BCUT2D eigenvalue weighted by atomic mass is 10.2. The summed E-state index contributed by atoms with van der Waals surface area (Å²) in [6.45, 7) is 5.88. The predicted octanol–water partition coefficient (Wildman–Crippen LogP) is 6.00. The van der Waals surface area contributed by atoms with Crippen LogP contribution in [0.3, 0.4) is 0 Å². The van der Waals surface area contributed by atoms with Gasteiger partial charge in [-0.05, 0) is 67.4 Å². The van der Waals surface area contributed by atoms with Crippen molar-refractivity contribution in [3.8, 4) is 23.0 Å². The van der Waals surface area contributed by atoms with Gasteiger partial charge in [-0.1, -0.05) is 43.7 Å². The first-order valence-electron chi connectivity index (χ1n) is 11.5. The van der Waals surface area contributed by atoms with E-state index in [9.17, 15) is 4.79 Å². The summed E-state index contributed by atoms with van der Waals surface area (Å²) in [7, 11) is 1.73. The summed E-state index contributed by atoms with van der Waals surface area (Å²) in [5, 5.41) is 2.64. The molecule has 6 nitrogen and oxygen atoms in total. The highest BCUT2D eigenvalue weighted by Gasteiger charge is 2.03. The van der Waals surface area contributed by atoms with Gasteiger partial charge in [0, 0.05) is 13.7 Å². The maximum Gasteiger partial charge on any atom is 0.207 e. The van der Waals surface area contributed by atoms with Gasteiger partial charge >= 0.3 is 0 Å². The van der Waals surface area contributed by atoms with Crippen LogP contribution >= 0.6 is 0 Å². The number of rotatable bonds is 13. The molecule has 1 unspecified atom stereocenters. The minimum atomic E-state index is -0.0453. The van der Waals surface area contributed by atoms with E-state index in [1.165, 1.54) is 12.8 Å². The highest BCUT2D eigenvalue weighted by atomic mass is 16.5. The average Bonchev–Trinajstić information content (AvgIpc) is 2.88. The number of ether oxygens (including phenoxy) is 4. The lowest BCUT2D eigenvalue weighted by Gasteiger charge is -2.12. The van der Waals surface area contributed by atoms with Crippen molar-refractivity contribution in [2.75, 3.05) is 20.3 Å².